The Labute approximate surface area is 151 Å². The molecule has 0 radical (unpaired) electrons. The van der Waals surface area contributed by atoms with Gasteiger partial charge in [0.15, 0.2) is 5.78 Å². The number of nitrogens with zero attached hydrogens (tertiary/aromatic N) is 2. The first-order valence-corrected chi connectivity index (χ1v) is 9.36. The molecule has 0 aliphatic heterocycles. The molecule has 25 heavy (non-hydrogen) atoms. The van der Waals surface area contributed by atoms with Crippen molar-refractivity contribution in [3.05, 3.63) is 70.2 Å². The van der Waals surface area contributed by atoms with Gasteiger partial charge in [-0.25, -0.2) is 4.68 Å². The zero-order valence-corrected chi connectivity index (χ0v) is 15.2. The van der Waals surface area contributed by atoms with Crippen LogP contribution in [0.4, 0.5) is 0 Å². The minimum atomic E-state index is -0.173. The largest absolute Gasteiger partial charge is 0.303 e. The van der Waals surface area contributed by atoms with Gasteiger partial charge in [0.1, 0.15) is 0 Å². The third-order valence-corrected chi connectivity index (χ3v) is 5.72. The van der Waals surface area contributed by atoms with E-state index in [1.54, 1.807) is 17.5 Å². The lowest BCUT2D eigenvalue weighted by molar-refractivity contribution is 0.0859. The van der Waals surface area contributed by atoms with E-state index >= 15 is 0 Å². The first-order valence-electron chi connectivity index (χ1n) is 8.48. The van der Waals surface area contributed by atoms with Crippen molar-refractivity contribution in [2.45, 2.75) is 32.9 Å². The molecule has 1 aromatic carbocycles. The molecule has 0 saturated heterocycles. The van der Waals surface area contributed by atoms with E-state index in [1.165, 1.54) is 4.88 Å². The van der Waals surface area contributed by atoms with Crippen molar-refractivity contribution in [3.8, 4) is 5.69 Å². The lowest BCUT2D eigenvalue weighted by atomic mass is 9.72. The van der Waals surface area contributed by atoms with Crippen LogP contribution in [0, 0.1) is 5.41 Å². The quantitative estimate of drug-likeness (QED) is 0.759. The smallest absolute Gasteiger partial charge is 0.167 e. The van der Waals surface area contributed by atoms with Gasteiger partial charge in [0.05, 0.1) is 29.2 Å². The number of nitrogens with one attached hydrogen (secondary N) is 1. The summed E-state index contributed by atoms with van der Waals surface area (Å²) in [5.74, 6) is 0.177. The lowest BCUT2D eigenvalue weighted by Gasteiger charge is -2.38. The fourth-order valence-corrected chi connectivity index (χ4v) is 4.25. The fraction of sp³-hybridized carbons (Fsp3) is 0.300. The minimum Gasteiger partial charge on any atom is -0.303 e. The molecule has 1 N–H and O–H groups in total. The van der Waals surface area contributed by atoms with E-state index in [-0.39, 0.29) is 17.2 Å². The Balaban J connectivity index is 1.77. The third kappa shape index (κ3) is 2.94. The van der Waals surface area contributed by atoms with Gasteiger partial charge in [-0.3, -0.25) is 4.79 Å². The summed E-state index contributed by atoms with van der Waals surface area (Å²) in [6.45, 7) is 5.10. The molecule has 1 aliphatic carbocycles. The van der Waals surface area contributed by atoms with E-state index in [2.05, 4.69) is 41.8 Å². The molecule has 2 aromatic heterocycles. The van der Waals surface area contributed by atoms with Crippen LogP contribution in [0.1, 0.15) is 47.2 Å². The fourth-order valence-electron chi connectivity index (χ4n) is 3.60. The van der Waals surface area contributed by atoms with Crippen molar-refractivity contribution in [2.75, 3.05) is 0 Å². The lowest BCUT2D eigenvalue weighted by Crippen LogP contribution is -2.41. The number of fused-ring (bicyclic) bond motifs is 1. The zero-order chi connectivity index (χ0) is 17.4. The SMILES string of the molecule is CC1(C)CC(=O)c2cnn(-c3ccccc3)c2C1NCc1cccs1. The second kappa shape index (κ2) is 6.24. The monoisotopic (exact) mass is 351 g/mol. The Morgan fingerprint density at radius 3 is 2.76 bits per heavy atom. The molecule has 5 heteroatoms. The molecule has 0 bridgehead atoms. The van der Waals surface area contributed by atoms with Crippen LogP contribution in [0.5, 0.6) is 0 Å². The topological polar surface area (TPSA) is 46.9 Å². The summed E-state index contributed by atoms with van der Waals surface area (Å²) in [6.07, 6.45) is 2.25. The normalized spacial score (nSPS) is 19.0. The Hall–Kier alpha value is -2.24. The van der Waals surface area contributed by atoms with Crippen molar-refractivity contribution in [2.24, 2.45) is 5.41 Å². The Bertz CT molecular complexity index is 881. The highest BCUT2D eigenvalue weighted by molar-refractivity contribution is 7.09. The molecule has 2 heterocycles. The molecule has 1 atom stereocenters. The van der Waals surface area contributed by atoms with Gasteiger partial charge in [0, 0.05) is 17.8 Å². The van der Waals surface area contributed by atoms with Gasteiger partial charge < -0.3 is 5.32 Å². The highest BCUT2D eigenvalue weighted by Gasteiger charge is 2.42. The Kier molecular flexibility index (Phi) is 4.06. The van der Waals surface area contributed by atoms with Crippen LogP contribution in [0.15, 0.2) is 54.0 Å². The average Bonchev–Trinajstić information content (AvgIpc) is 3.24. The van der Waals surface area contributed by atoms with Crippen molar-refractivity contribution in [3.63, 3.8) is 0 Å². The van der Waals surface area contributed by atoms with Gasteiger partial charge in [-0.15, -0.1) is 11.3 Å². The predicted octanol–water partition coefficient (Wildman–Crippen LogP) is 4.38. The number of hydrogen-bond acceptors (Lipinski definition) is 4. The van der Waals surface area contributed by atoms with Crippen LogP contribution < -0.4 is 5.32 Å². The molecule has 1 aliphatic rings. The van der Waals surface area contributed by atoms with E-state index in [0.717, 1.165) is 23.5 Å². The summed E-state index contributed by atoms with van der Waals surface area (Å²) in [6, 6.07) is 14.3. The van der Waals surface area contributed by atoms with E-state index in [9.17, 15) is 4.79 Å². The second-order valence-corrected chi connectivity index (χ2v) is 8.20. The number of benzene rings is 1. The number of thiophene rings is 1. The second-order valence-electron chi connectivity index (χ2n) is 7.17. The molecule has 0 saturated carbocycles. The molecule has 3 aromatic rings. The number of para-hydroxylation sites is 1. The van der Waals surface area contributed by atoms with Crippen LogP contribution in [-0.2, 0) is 6.54 Å². The average molecular weight is 351 g/mol. The van der Waals surface area contributed by atoms with E-state index in [4.69, 9.17) is 0 Å². The number of ketones is 1. The molecule has 0 fully saturated rings. The molecule has 0 amide bonds. The van der Waals surface area contributed by atoms with Crippen molar-refractivity contribution < 1.29 is 4.79 Å². The molecule has 0 spiro atoms. The van der Waals surface area contributed by atoms with Crippen molar-refractivity contribution in [1.82, 2.24) is 15.1 Å². The number of rotatable bonds is 4. The maximum atomic E-state index is 12.6. The number of carbonyl (C=O) groups is 1. The number of carbonyl (C=O) groups excluding carboxylic acids is 1. The van der Waals surface area contributed by atoms with Gasteiger partial charge in [0.25, 0.3) is 0 Å². The van der Waals surface area contributed by atoms with Crippen LogP contribution in [-0.4, -0.2) is 15.6 Å². The zero-order valence-electron chi connectivity index (χ0n) is 14.4. The highest BCUT2D eigenvalue weighted by Crippen LogP contribution is 2.44. The van der Waals surface area contributed by atoms with Crippen LogP contribution in [0.3, 0.4) is 0 Å². The van der Waals surface area contributed by atoms with Crippen LogP contribution in [0.2, 0.25) is 0 Å². The molecule has 4 rings (SSSR count). The standard InChI is InChI=1S/C20H21N3OS/c1-20(2)11-17(24)16-13-22-23(14-7-4-3-5-8-14)18(16)19(20)21-12-15-9-6-10-25-15/h3-10,13,19,21H,11-12H2,1-2H3. The molecular weight excluding hydrogens is 330 g/mol. The summed E-state index contributed by atoms with van der Waals surface area (Å²) in [4.78, 5) is 13.9. The van der Waals surface area contributed by atoms with Gasteiger partial charge in [-0.1, -0.05) is 38.1 Å². The first-order chi connectivity index (χ1) is 12.1. The Morgan fingerprint density at radius 1 is 1.24 bits per heavy atom. The summed E-state index contributed by atoms with van der Waals surface area (Å²) in [7, 11) is 0. The Morgan fingerprint density at radius 2 is 2.04 bits per heavy atom. The molecule has 4 nitrogen and oxygen atoms in total. The summed E-state index contributed by atoms with van der Waals surface area (Å²) >= 11 is 1.74. The summed E-state index contributed by atoms with van der Waals surface area (Å²) < 4.78 is 1.92. The maximum Gasteiger partial charge on any atom is 0.167 e. The van der Waals surface area contributed by atoms with Crippen molar-refractivity contribution in [1.29, 1.82) is 0 Å². The van der Waals surface area contributed by atoms with Crippen molar-refractivity contribution >= 4 is 17.1 Å². The van der Waals surface area contributed by atoms with Gasteiger partial charge in [-0.05, 0) is 29.0 Å². The minimum absolute atomic E-state index is 0.0602. The van der Waals surface area contributed by atoms with Gasteiger partial charge >= 0.3 is 0 Å². The van der Waals surface area contributed by atoms with Crippen LogP contribution in [0.25, 0.3) is 5.69 Å². The maximum absolute atomic E-state index is 12.6. The summed E-state index contributed by atoms with van der Waals surface area (Å²) in [5.41, 5.74) is 2.53. The van der Waals surface area contributed by atoms with Crippen LogP contribution >= 0.6 is 11.3 Å². The number of aromatic nitrogens is 2. The molecular formula is C20H21N3OS. The predicted molar refractivity (Wildman–Crippen MR) is 100 cm³/mol. The molecule has 1 unspecified atom stereocenters. The van der Waals surface area contributed by atoms with E-state index in [0.29, 0.717) is 6.42 Å². The number of hydrogen-bond donors (Lipinski definition) is 1. The van der Waals surface area contributed by atoms with E-state index in [1.807, 2.05) is 35.0 Å². The van der Waals surface area contributed by atoms with Gasteiger partial charge in [0.2, 0.25) is 0 Å². The summed E-state index contributed by atoms with van der Waals surface area (Å²) in [5, 5.41) is 10.3. The molecule has 128 valence electrons. The van der Waals surface area contributed by atoms with Gasteiger partial charge in [-0.2, -0.15) is 5.10 Å². The first kappa shape index (κ1) is 16.2. The number of Topliss-reactive ketones (excluding diaryl/α,β-unsaturated/α-hetero) is 1. The highest BCUT2D eigenvalue weighted by atomic mass is 32.1. The third-order valence-electron chi connectivity index (χ3n) is 4.84. The van der Waals surface area contributed by atoms with E-state index < -0.39 is 0 Å².